The summed E-state index contributed by atoms with van der Waals surface area (Å²) in [6, 6.07) is 18.9. The van der Waals surface area contributed by atoms with Gasteiger partial charge in [-0.2, -0.15) is 0 Å². The van der Waals surface area contributed by atoms with E-state index in [1.807, 2.05) is 59.5 Å². The molecule has 4 rings (SSSR count). The summed E-state index contributed by atoms with van der Waals surface area (Å²) in [5.41, 5.74) is 2.36. The minimum absolute atomic E-state index is 0.0150. The molecule has 160 valence electrons. The maximum Gasteiger partial charge on any atom is 0.254 e. The molecule has 0 radical (unpaired) electrons. The van der Waals surface area contributed by atoms with Crippen LogP contribution in [0.5, 0.6) is 5.75 Å². The van der Waals surface area contributed by atoms with Crippen LogP contribution in [0.15, 0.2) is 65.5 Å². The number of carbonyl (C=O) groups excluding carboxylic acids is 1. The van der Waals surface area contributed by atoms with Crippen molar-refractivity contribution in [3.63, 3.8) is 0 Å². The Morgan fingerprint density at radius 2 is 1.68 bits per heavy atom. The highest BCUT2D eigenvalue weighted by atomic mass is 16.5. The van der Waals surface area contributed by atoms with Gasteiger partial charge in [-0.05, 0) is 31.2 Å². The van der Waals surface area contributed by atoms with Crippen LogP contribution >= 0.6 is 0 Å². The van der Waals surface area contributed by atoms with Gasteiger partial charge in [-0.25, -0.2) is 4.98 Å². The first-order valence-electron chi connectivity index (χ1n) is 10.4. The average Bonchev–Trinajstić information content (AvgIpc) is 2.81. The Morgan fingerprint density at radius 1 is 1.00 bits per heavy atom. The molecule has 0 bridgehead atoms. The lowest BCUT2D eigenvalue weighted by Gasteiger charge is -2.36. The first-order chi connectivity index (χ1) is 15.0. The SMILES string of the molecule is COc1ccc(N2CCN(C(=O)Cn3c(-c4ccccc4)nc(C)cc3=O)CC2)cc1. The van der Waals surface area contributed by atoms with Crippen molar-refractivity contribution < 1.29 is 9.53 Å². The topological polar surface area (TPSA) is 67.7 Å². The van der Waals surface area contributed by atoms with Gasteiger partial charge in [0.25, 0.3) is 5.56 Å². The molecule has 3 aromatic rings. The van der Waals surface area contributed by atoms with E-state index in [0.717, 1.165) is 30.1 Å². The Kier molecular flexibility index (Phi) is 6.02. The number of hydrogen-bond acceptors (Lipinski definition) is 5. The number of anilines is 1. The van der Waals surface area contributed by atoms with E-state index in [9.17, 15) is 9.59 Å². The van der Waals surface area contributed by atoms with E-state index in [4.69, 9.17) is 4.74 Å². The fraction of sp³-hybridized carbons (Fsp3) is 0.292. The predicted octanol–water partition coefficient (Wildman–Crippen LogP) is 2.58. The third kappa shape index (κ3) is 4.60. The number of rotatable bonds is 5. The van der Waals surface area contributed by atoms with E-state index < -0.39 is 0 Å². The number of piperazine rings is 1. The minimum Gasteiger partial charge on any atom is -0.497 e. The van der Waals surface area contributed by atoms with Crippen LogP contribution in [-0.2, 0) is 11.3 Å². The van der Waals surface area contributed by atoms with Crippen LogP contribution in [0.2, 0.25) is 0 Å². The largest absolute Gasteiger partial charge is 0.497 e. The van der Waals surface area contributed by atoms with Gasteiger partial charge in [-0.3, -0.25) is 14.2 Å². The summed E-state index contributed by atoms with van der Waals surface area (Å²) in [7, 11) is 1.65. The summed E-state index contributed by atoms with van der Waals surface area (Å²) in [5, 5.41) is 0. The first-order valence-corrected chi connectivity index (χ1v) is 10.4. The summed E-state index contributed by atoms with van der Waals surface area (Å²) >= 11 is 0. The van der Waals surface area contributed by atoms with Crippen LogP contribution in [0.25, 0.3) is 11.4 Å². The van der Waals surface area contributed by atoms with Gasteiger partial charge in [0.2, 0.25) is 5.91 Å². The highest BCUT2D eigenvalue weighted by Gasteiger charge is 2.23. The third-order valence-corrected chi connectivity index (χ3v) is 5.53. The Bertz CT molecular complexity index is 1100. The molecule has 2 aromatic carbocycles. The molecule has 2 heterocycles. The smallest absolute Gasteiger partial charge is 0.254 e. The lowest BCUT2D eigenvalue weighted by atomic mass is 10.2. The van der Waals surface area contributed by atoms with Gasteiger partial charge in [0.1, 0.15) is 18.1 Å². The van der Waals surface area contributed by atoms with Crippen molar-refractivity contribution in [3.05, 3.63) is 76.7 Å². The standard InChI is InChI=1S/C24H26N4O3/c1-18-16-22(29)28(24(25-18)19-6-4-3-5-7-19)17-23(30)27-14-12-26(13-15-27)20-8-10-21(31-2)11-9-20/h3-11,16H,12-15,17H2,1-2H3. The lowest BCUT2D eigenvalue weighted by Crippen LogP contribution is -2.50. The van der Waals surface area contributed by atoms with Crippen LogP contribution in [0.4, 0.5) is 5.69 Å². The van der Waals surface area contributed by atoms with Crippen molar-refractivity contribution >= 4 is 11.6 Å². The van der Waals surface area contributed by atoms with E-state index in [1.165, 1.54) is 10.6 Å². The Morgan fingerprint density at radius 3 is 2.32 bits per heavy atom. The van der Waals surface area contributed by atoms with Gasteiger partial charge in [0, 0.05) is 49.2 Å². The molecule has 0 atom stereocenters. The Hall–Kier alpha value is -3.61. The number of benzene rings is 2. The monoisotopic (exact) mass is 418 g/mol. The maximum atomic E-state index is 13.0. The van der Waals surface area contributed by atoms with Crippen LogP contribution in [-0.4, -0.2) is 53.6 Å². The summed E-state index contributed by atoms with van der Waals surface area (Å²) in [5.74, 6) is 1.28. The second kappa shape index (κ2) is 9.04. The van der Waals surface area contributed by atoms with Crippen molar-refractivity contribution in [1.82, 2.24) is 14.5 Å². The molecule has 7 nitrogen and oxygen atoms in total. The molecule has 1 aliphatic heterocycles. The van der Waals surface area contributed by atoms with Crippen LogP contribution in [0.3, 0.4) is 0 Å². The van der Waals surface area contributed by atoms with E-state index in [2.05, 4.69) is 9.88 Å². The van der Waals surface area contributed by atoms with Crippen molar-refractivity contribution in [2.45, 2.75) is 13.5 Å². The molecular weight excluding hydrogens is 392 g/mol. The molecular formula is C24H26N4O3. The van der Waals surface area contributed by atoms with Gasteiger partial charge in [-0.1, -0.05) is 30.3 Å². The number of amides is 1. The molecule has 0 saturated carbocycles. The highest BCUT2D eigenvalue weighted by molar-refractivity contribution is 5.77. The van der Waals surface area contributed by atoms with Crippen molar-refractivity contribution in [3.8, 4) is 17.1 Å². The van der Waals surface area contributed by atoms with E-state index in [-0.39, 0.29) is 18.0 Å². The number of carbonyl (C=O) groups is 1. The fourth-order valence-corrected chi connectivity index (χ4v) is 3.82. The van der Waals surface area contributed by atoms with Crippen LogP contribution in [0, 0.1) is 6.92 Å². The van der Waals surface area contributed by atoms with Gasteiger partial charge in [-0.15, -0.1) is 0 Å². The van der Waals surface area contributed by atoms with Crippen molar-refractivity contribution in [1.29, 1.82) is 0 Å². The normalized spacial score (nSPS) is 13.9. The Balaban J connectivity index is 1.46. The van der Waals surface area contributed by atoms with Gasteiger partial charge < -0.3 is 14.5 Å². The zero-order valence-electron chi connectivity index (χ0n) is 17.8. The van der Waals surface area contributed by atoms with Gasteiger partial charge in [0.15, 0.2) is 0 Å². The number of aromatic nitrogens is 2. The molecule has 1 saturated heterocycles. The second-order valence-electron chi connectivity index (χ2n) is 7.58. The molecule has 0 spiro atoms. The number of aryl methyl sites for hydroxylation is 1. The second-order valence-corrected chi connectivity index (χ2v) is 7.58. The fourth-order valence-electron chi connectivity index (χ4n) is 3.82. The summed E-state index contributed by atoms with van der Waals surface area (Å²) in [4.78, 5) is 34.3. The molecule has 1 amide bonds. The Labute approximate surface area is 181 Å². The lowest BCUT2D eigenvalue weighted by molar-refractivity contribution is -0.132. The zero-order chi connectivity index (χ0) is 21.8. The molecule has 7 heteroatoms. The van der Waals surface area contributed by atoms with Crippen molar-refractivity contribution in [2.24, 2.45) is 0 Å². The maximum absolute atomic E-state index is 13.0. The van der Waals surface area contributed by atoms with E-state index in [1.54, 1.807) is 14.0 Å². The molecule has 1 aromatic heterocycles. The third-order valence-electron chi connectivity index (χ3n) is 5.53. The number of hydrogen-bond donors (Lipinski definition) is 0. The van der Waals surface area contributed by atoms with Gasteiger partial charge in [0.05, 0.1) is 7.11 Å². The zero-order valence-corrected chi connectivity index (χ0v) is 17.8. The molecule has 0 N–H and O–H groups in total. The number of nitrogens with zero attached hydrogens (tertiary/aromatic N) is 4. The van der Waals surface area contributed by atoms with Crippen LogP contribution < -0.4 is 15.2 Å². The number of methoxy groups -OCH3 is 1. The molecule has 0 unspecified atom stereocenters. The minimum atomic E-state index is -0.212. The van der Waals surface area contributed by atoms with E-state index in [0.29, 0.717) is 24.6 Å². The molecule has 1 aliphatic rings. The summed E-state index contributed by atoms with van der Waals surface area (Å²) in [6.45, 7) is 4.48. The molecule has 0 aliphatic carbocycles. The first kappa shape index (κ1) is 20.7. The van der Waals surface area contributed by atoms with E-state index >= 15 is 0 Å². The average molecular weight is 418 g/mol. The quantitative estimate of drug-likeness (QED) is 0.637. The summed E-state index contributed by atoms with van der Waals surface area (Å²) < 4.78 is 6.69. The number of ether oxygens (including phenoxy) is 1. The van der Waals surface area contributed by atoms with Crippen LogP contribution in [0.1, 0.15) is 5.69 Å². The molecule has 1 fully saturated rings. The van der Waals surface area contributed by atoms with Crippen molar-refractivity contribution in [2.75, 3.05) is 38.2 Å². The highest BCUT2D eigenvalue weighted by Crippen LogP contribution is 2.21. The predicted molar refractivity (Wildman–Crippen MR) is 120 cm³/mol. The van der Waals surface area contributed by atoms with Gasteiger partial charge >= 0.3 is 0 Å². The summed E-state index contributed by atoms with van der Waals surface area (Å²) in [6.07, 6.45) is 0. The molecule has 31 heavy (non-hydrogen) atoms.